The van der Waals surface area contributed by atoms with Gasteiger partial charge >= 0.3 is 0 Å². The molecule has 0 aliphatic carbocycles. The van der Waals surface area contributed by atoms with E-state index in [1.165, 1.54) is 0 Å². The van der Waals surface area contributed by atoms with Gasteiger partial charge in [0, 0.05) is 17.8 Å². The number of phenols is 1. The average Bonchev–Trinajstić information content (AvgIpc) is 2.32. The normalized spacial score (nSPS) is 10.8. The van der Waals surface area contributed by atoms with Gasteiger partial charge in [-0.05, 0) is 37.6 Å². The summed E-state index contributed by atoms with van der Waals surface area (Å²) in [5, 5.41) is 9.45. The lowest BCUT2D eigenvalue weighted by atomic mass is 10.0. The fourth-order valence-electron chi connectivity index (χ4n) is 1.90. The van der Waals surface area contributed by atoms with E-state index in [4.69, 9.17) is 5.73 Å². The third kappa shape index (κ3) is 2.09. The highest BCUT2D eigenvalue weighted by Gasteiger charge is 2.10. The Bertz CT molecular complexity index is 630. The minimum atomic E-state index is -0.203. The van der Waals surface area contributed by atoms with Gasteiger partial charge in [0.25, 0.3) is 5.56 Å². The summed E-state index contributed by atoms with van der Waals surface area (Å²) in [6.07, 6.45) is 1.72. The molecule has 1 heterocycles. The first-order valence-corrected chi connectivity index (χ1v) is 5.80. The van der Waals surface area contributed by atoms with Crippen molar-refractivity contribution in [1.82, 2.24) is 4.57 Å². The first-order chi connectivity index (χ1) is 8.50. The van der Waals surface area contributed by atoms with Crippen LogP contribution in [0.25, 0.3) is 11.1 Å². The zero-order valence-electron chi connectivity index (χ0n) is 10.4. The number of aromatic nitrogens is 1. The molecule has 94 valence electrons. The van der Waals surface area contributed by atoms with Gasteiger partial charge in [0.1, 0.15) is 11.4 Å². The Morgan fingerprint density at radius 2 is 2.00 bits per heavy atom. The van der Waals surface area contributed by atoms with Gasteiger partial charge in [0.15, 0.2) is 0 Å². The third-order valence-electron chi connectivity index (χ3n) is 2.87. The highest BCUT2D eigenvalue weighted by Crippen LogP contribution is 2.26. The van der Waals surface area contributed by atoms with Crippen LogP contribution in [0.4, 0.5) is 5.69 Å². The molecule has 0 fully saturated rings. The first kappa shape index (κ1) is 12.2. The minimum Gasteiger partial charge on any atom is -0.508 e. The average molecular weight is 244 g/mol. The summed E-state index contributed by atoms with van der Waals surface area (Å²) in [6, 6.07) is 8.56. The maximum atomic E-state index is 12.1. The molecular weight excluding hydrogens is 228 g/mol. The molecule has 0 aliphatic heterocycles. The number of hydrogen-bond donors (Lipinski definition) is 2. The Morgan fingerprint density at radius 1 is 1.28 bits per heavy atom. The Labute approximate surface area is 105 Å². The Hall–Kier alpha value is -2.23. The fourth-order valence-corrected chi connectivity index (χ4v) is 1.90. The number of nitrogens with zero attached hydrogens (tertiary/aromatic N) is 1. The molecule has 0 unspecified atom stereocenters. The van der Waals surface area contributed by atoms with E-state index in [0.717, 1.165) is 5.56 Å². The number of pyridine rings is 1. The molecule has 0 aliphatic rings. The molecule has 4 nitrogen and oxygen atoms in total. The number of hydrogen-bond acceptors (Lipinski definition) is 3. The molecule has 0 atom stereocenters. The predicted octanol–water partition coefficient (Wildman–Crippen LogP) is 2.38. The molecule has 3 N–H and O–H groups in total. The Morgan fingerprint density at radius 3 is 2.61 bits per heavy atom. The van der Waals surface area contributed by atoms with Crippen LogP contribution in [0, 0.1) is 0 Å². The Balaban J connectivity index is 2.61. The standard InChI is InChI=1S/C14H16N2O2/c1-9(2)16-7-6-12(13(15)14(16)18)10-4-3-5-11(17)8-10/h3-9,17H,15H2,1-2H3. The van der Waals surface area contributed by atoms with Crippen molar-refractivity contribution in [1.29, 1.82) is 0 Å². The van der Waals surface area contributed by atoms with Crippen molar-refractivity contribution in [2.75, 3.05) is 5.73 Å². The van der Waals surface area contributed by atoms with Crippen molar-refractivity contribution < 1.29 is 5.11 Å². The van der Waals surface area contributed by atoms with E-state index >= 15 is 0 Å². The maximum absolute atomic E-state index is 12.1. The summed E-state index contributed by atoms with van der Waals surface area (Å²) in [4.78, 5) is 12.1. The van der Waals surface area contributed by atoms with Gasteiger partial charge in [-0.25, -0.2) is 0 Å². The lowest BCUT2D eigenvalue weighted by molar-refractivity contribution is 0.475. The molecule has 0 saturated heterocycles. The van der Waals surface area contributed by atoms with E-state index in [0.29, 0.717) is 5.56 Å². The smallest absolute Gasteiger partial charge is 0.274 e. The predicted molar refractivity (Wildman–Crippen MR) is 72.6 cm³/mol. The molecule has 4 heteroatoms. The molecule has 2 rings (SSSR count). The lowest BCUT2D eigenvalue weighted by Crippen LogP contribution is -2.24. The van der Waals surface area contributed by atoms with Gasteiger partial charge in [0.05, 0.1) is 0 Å². The summed E-state index contributed by atoms with van der Waals surface area (Å²) in [5.74, 6) is 0.153. The van der Waals surface area contributed by atoms with Crippen LogP contribution in [0.5, 0.6) is 5.75 Å². The zero-order chi connectivity index (χ0) is 13.3. The van der Waals surface area contributed by atoms with Crippen LogP contribution in [0.2, 0.25) is 0 Å². The topological polar surface area (TPSA) is 68.2 Å². The molecule has 1 aromatic carbocycles. The molecule has 18 heavy (non-hydrogen) atoms. The van der Waals surface area contributed by atoms with Crippen molar-refractivity contribution in [2.45, 2.75) is 19.9 Å². The molecule has 0 spiro atoms. The van der Waals surface area contributed by atoms with E-state index < -0.39 is 0 Å². The third-order valence-corrected chi connectivity index (χ3v) is 2.87. The van der Waals surface area contributed by atoms with Crippen molar-refractivity contribution >= 4 is 5.69 Å². The maximum Gasteiger partial charge on any atom is 0.274 e. The molecule has 1 aromatic heterocycles. The van der Waals surface area contributed by atoms with Crippen LogP contribution in [0.15, 0.2) is 41.3 Å². The van der Waals surface area contributed by atoms with Crippen LogP contribution in [-0.4, -0.2) is 9.67 Å². The summed E-state index contributed by atoms with van der Waals surface area (Å²) in [5.41, 5.74) is 7.27. The van der Waals surface area contributed by atoms with Gasteiger partial charge in [-0.2, -0.15) is 0 Å². The molecule has 0 amide bonds. The van der Waals surface area contributed by atoms with Crippen LogP contribution >= 0.6 is 0 Å². The van der Waals surface area contributed by atoms with E-state index in [1.54, 1.807) is 35.0 Å². The van der Waals surface area contributed by atoms with Gasteiger partial charge in [-0.1, -0.05) is 12.1 Å². The van der Waals surface area contributed by atoms with Crippen molar-refractivity contribution in [3.8, 4) is 16.9 Å². The van der Waals surface area contributed by atoms with Gasteiger partial charge < -0.3 is 15.4 Å². The summed E-state index contributed by atoms with van der Waals surface area (Å²) < 4.78 is 1.58. The van der Waals surface area contributed by atoms with Gasteiger partial charge in [-0.3, -0.25) is 4.79 Å². The van der Waals surface area contributed by atoms with E-state index in [1.807, 2.05) is 19.9 Å². The number of anilines is 1. The molecular formula is C14H16N2O2. The second-order valence-corrected chi connectivity index (χ2v) is 4.50. The Kier molecular flexibility index (Phi) is 3.10. The number of phenolic OH excluding ortho intramolecular Hbond substituents is 1. The van der Waals surface area contributed by atoms with Crippen molar-refractivity contribution in [2.24, 2.45) is 0 Å². The largest absolute Gasteiger partial charge is 0.508 e. The molecule has 0 saturated carbocycles. The van der Waals surface area contributed by atoms with Gasteiger partial charge in [-0.15, -0.1) is 0 Å². The number of nitrogens with two attached hydrogens (primary N) is 1. The van der Waals surface area contributed by atoms with E-state index in [-0.39, 0.29) is 23.0 Å². The van der Waals surface area contributed by atoms with Crippen LogP contribution in [-0.2, 0) is 0 Å². The quantitative estimate of drug-likeness (QED) is 0.852. The number of nitrogen functional groups attached to an aromatic ring is 1. The van der Waals surface area contributed by atoms with Crippen molar-refractivity contribution in [3.05, 3.63) is 46.9 Å². The minimum absolute atomic E-state index is 0.0676. The number of rotatable bonds is 2. The number of benzene rings is 1. The van der Waals surface area contributed by atoms with Crippen LogP contribution in [0.1, 0.15) is 19.9 Å². The second-order valence-electron chi connectivity index (χ2n) is 4.50. The molecule has 2 aromatic rings. The number of aromatic hydroxyl groups is 1. The van der Waals surface area contributed by atoms with Crippen LogP contribution < -0.4 is 11.3 Å². The SMILES string of the molecule is CC(C)n1ccc(-c2cccc(O)c2)c(N)c1=O. The van der Waals surface area contributed by atoms with E-state index in [9.17, 15) is 9.90 Å². The lowest BCUT2D eigenvalue weighted by Gasteiger charge is -2.13. The zero-order valence-corrected chi connectivity index (χ0v) is 10.4. The van der Waals surface area contributed by atoms with Crippen LogP contribution in [0.3, 0.4) is 0 Å². The highest BCUT2D eigenvalue weighted by atomic mass is 16.3. The molecule has 0 bridgehead atoms. The van der Waals surface area contributed by atoms with E-state index in [2.05, 4.69) is 0 Å². The van der Waals surface area contributed by atoms with Crippen molar-refractivity contribution in [3.63, 3.8) is 0 Å². The second kappa shape index (κ2) is 4.56. The first-order valence-electron chi connectivity index (χ1n) is 5.80. The highest BCUT2D eigenvalue weighted by molar-refractivity contribution is 5.76. The summed E-state index contributed by atoms with van der Waals surface area (Å²) in [7, 11) is 0. The molecule has 0 radical (unpaired) electrons. The summed E-state index contributed by atoms with van der Waals surface area (Å²) in [6.45, 7) is 3.85. The monoisotopic (exact) mass is 244 g/mol. The van der Waals surface area contributed by atoms with Gasteiger partial charge in [0.2, 0.25) is 0 Å². The fraction of sp³-hybridized carbons (Fsp3) is 0.214. The summed E-state index contributed by atoms with van der Waals surface area (Å²) >= 11 is 0.